The highest BCUT2D eigenvalue weighted by molar-refractivity contribution is 6.34. The van der Waals surface area contributed by atoms with Crippen LogP contribution >= 0.6 is 11.6 Å². The first-order valence-corrected chi connectivity index (χ1v) is 10.7. The molecular formula is C25H20ClFN4O4. The van der Waals surface area contributed by atoms with E-state index in [1.807, 2.05) is 0 Å². The van der Waals surface area contributed by atoms with Gasteiger partial charge in [-0.2, -0.15) is 0 Å². The quantitative estimate of drug-likeness (QED) is 0.395. The second kappa shape index (κ2) is 10.3. The number of hydrogen-bond donors (Lipinski definition) is 2. The number of nitrogens with zero attached hydrogens (tertiary/aromatic N) is 2. The predicted octanol–water partition coefficient (Wildman–Crippen LogP) is 4.34. The lowest BCUT2D eigenvalue weighted by atomic mass is 10.2. The fourth-order valence-electron chi connectivity index (χ4n) is 3.26. The van der Waals surface area contributed by atoms with E-state index in [1.54, 1.807) is 42.5 Å². The van der Waals surface area contributed by atoms with E-state index in [1.165, 1.54) is 42.3 Å². The molecule has 2 aromatic carbocycles. The van der Waals surface area contributed by atoms with Crippen LogP contribution in [0.5, 0.6) is 17.2 Å². The molecule has 4 rings (SSSR count). The number of nitrogens with two attached hydrogens (primary N) is 1. The van der Waals surface area contributed by atoms with Crippen molar-refractivity contribution in [3.05, 3.63) is 105 Å². The number of amides is 1. The topological polar surface area (TPSA) is 108 Å². The third-order valence-corrected chi connectivity index (χ3v) is 5.45. The summed E-state index contributed by atoms with van der Waals surface area (Å²) in [6, 6.07) is 15.2. The average Bonchev–Trinajstić information content (AvgIpc) is 2.86. The molecule has 0 unspecified atom stereocenters. The highest BCUT2D eigenvalue weighted by atomic mass is 35.5. The number of rotatable bonds is 7. The summed E-state index contributed by atoms with van der Waals surface area (Å²) in [4.78, 5) is 29.4. The van der Waals surface area contributed by atoms with Gasteiger partial charge in [0.15, 0.2) is 5.75 Å². The van der Waals surface area contributed by atoms with E-state index in [2.05, 4.69) is 10.3 Å². The Morgan fingerprint density at radius 3 is 2.51 bits per heavy atom. The Bertz CT molecular complexity index is 1420. The molecule has 1 amide bonds. The van der Waals surface area contributed by atoms with Crippen LogP contribution in [0.4, 0.5) is 10.2 Å². The van der Waals surface area contributed by atoms with Crippen LogP contribution in [0, 0.1) is 5.82 Å². The van der Waals surface area contributed by atoms with E-state index in [-0.39, 0.29) is 34.5 Å². The molecule has 4 aromatic rings. The second-order valence-electron chi connectivity index (χ2n) is 7.38. The zero-order chi connectivity index (χ0) is 24.9. The van der Waals surface area contributed by atoms with E-state index in [0.717, 1.165) is 5.56 Å². The zero-order valence-corrected chi connectivity index (χ0v) is 19.3. The van der Waals surface area contributed by atoms with Gasteiger partial charge in [0.05, 0.1) is 12.7 Å². The highest BCUT2D eigenvalue weighted by Gasteiger charge is 2.16. The number of nitrogens with one attached hydrogen (secondary N) is 1. The van der Waals surface area contributed by atoms with E-state index < -0.39 is 11.5 Å². The van der Waals surface area contributed by atoms with Crippen molar-refractivity contribution in [3.8, 4) is 22.9 Å². The Morgan fingerprint density at radius 1 is 1.11 bits per heavy atom. The summed E-state index contributed by atoms with van der Waals surface area (Å²) in [6.45, 7) is 0.176. The van der Waals surface area contributed by atoms with Gasteiger partial charge < -0.3 is 20.5 Å². The Hall–Kier alpha value is -4.37. The molecule has 35 heavy (non-hydrogen) atoms. The Morgan fingerprint density at radius 2 is 1.83 bits per heavy atom. The summed E-state index contributed by atoms with van der Waals surface area (Å²) in [6.07, 6.45) is 2.88. The first-order chi connectivity index (χ1) is 16.9. The van der Waals surface area contributed by atoms with Crippen LogP contribution in [0.2, 0.25) is 5.02 Å². The summed E-state index contributed by atoms with van der Waals surface area (Å²) >= 11 is 6.11. The number of methoxy groups -OCH3 is 1. The maximum absolute atomic E-state index is 13.1. The molecule has 0 fully saturated rings. The lowest BCUT2D eigenvalue weighted by Gasteiger charge is -2.14. The van der Waals surface area contributed by atoms with Gasteiger partial charge in [-0.15, -0.1) is 0 Å². The van der Waals surface area contributed by atoms with Crippen LogP contribution in [0.1, 0.15) is 15.9 Å². The largest absolute Gasteiger partial charge is 0.496 e. The maximum atomic E-state index is 13.1. The van der Waals surface area contributed by atoms with Gasteiger partial charge in [-0.1, -0.05) is 23.7 Å². The molecular weight excluding hydrogens is 475 g/mol. The molecule has 0 radical (unpaired) electrons. The lowest BCUT2D eigenvalue weighted by molar-refractivity contribution is 0.0947. The Labute approximate surface area is 204 Å². The van der Waals surface area contributed by atoms with Crippen LogP contribution in [0.3, 0.4) is 0 Å². The number of anilines is 1. The van der Waals surface area contributed by atoms with Crippen LogP contribution in [-0.2, 0) is 6.54 Å². The van der Waals surface area contributed by atoms with Crippen LogP contribution < -0.4 is 26.1 Å². The molecule has 178 valence electrons. The van der Waals surface area contributed by atoms with Gasteiger partial charge >= 0.3 is 0 Å². The molecule has 0 saturated heterocycles. The summed E-state index contributed by atoms with van der Waals surface area (Å²) in [5.41, 5.74) is 6.68. The lowest BCUT2D eigenvalue weighted by Crippen LogP contribution is -2.26. The number of hydrogen-bond acceptors (Lipinski definition) is 6. The van der Waals surface area contributed by atoms with Crippen molar-refractivity contribution >= 4 is 23.3 Å². The number of pyridine rings is 2. The number of halogens is 2. The molecule has 3 N–H and O–H groups in total. The highest BCUT2D eigenvalue weighted by Crippen LogP contribution is 2.32. The van der Waals surface area contributed by atoms with Crippen molar-refractivity contribution in [1.29, 1.82) is 0 Å². The fraction of sp³-hybridized carbons (Fsp3) is 0.0800. The van der Waals surface area contributed by atoms with Gasteiger partial charge in [-0.3, -0.25) is 14.2 Å². The number of carbonyl (C=O) groups excluding carboxylic acids is 1. The van der Waals surface area contributed by atoms with Gasteiger partial charge in [0.1, 0.15) is 28.2 Å². The Kier molecular flexibility index (Phi) is 6.98. The minimum Gasteiger partial charge on any atom is -0.496 e. The number of benzene rings is 2. The maximum Gasteiger partial charge on any atom is 0.258 e. The van der Waals surface area contributed by atoms with Crippen molar-refractivity contribution in [3.63, 3.8) is 0 Å². The van der Waals surface area contributed by atoms with Crippen molar-refractivity contribution in [1.82, 2.24) is 14.9 Å². The molecule has 8 nitrogen and oxygen atoms in total. The minimum absolute atomic E-state index is 0.132. The number of carbonyl (C=O) groups is 1. The van der Waals surface area contributed by atoms with Gasteiger partial charge in [0, 0.05) is 36.8 Å². The van der Waals surface area contributed by atoms with Crippen molar-refractivity contribution in [2.45, 2.75) is 6.54 Å². The SMILES string of the molecule is COc1cc(=O)n(-c2ccc(Oc3ccnc(N)c3Cl)cc2)cc1C(=O)NCc1ccc(F)cc1. The second-order valence-corrected chi connectivity index (χ2v) is 7.76. The molecule has 2 aromatic heterocycles. The smallest absolute Gasteiger partial charge is 0.258 e. The van der Waals surface area contributed by atoms with E-state index in [9.17, 15) is 14.0 Å². The number of nitrogen functional groups attached to an aromatic ring is 1. The van der Waals surface area contributed by atoms with E-state index in [0.29, 0.717) is 17.2 Å². The summed E-state index contributed by atoms with van der Waals surface area (Å²) < 4.78 is 25.4. The predicted molar refractivity (Wildman–Crippen MR) is 130 cm³/mol. The monoisotopic (exact) mass is 494 g/mol. The van der Waals surface area contributed by atoms with Crippen molar-refractivity contribution in [2.75, 3.05) is 12.8 Å². The molecule has 0 aliphatic heterocycles. The molecule has 0 bridgehead atoms. The van der Waals surface area contributed by atoms with E-state index >= 15 is 0 Å². The van der Waals surface area contributed by atoms with Crippen LogP contribution in [0.15, 0.2) is 77.9 Å². The molecule has 0 saturated carbocycles. The molecule has 0 spiro atoms. The number of aromatic nitrogens is 2. The standard InChI is InChI=1S/C25H20ClFN4O4/c1-34-21-12-22(32)31(14-19(21)25(33)30-13-15-2-4-16(27)5-3-15)17-6-8-18(9-7-17)35-20-10-11-29-24(28)23(20)26/h2-12,14H,13H2,1H3,(H2,28,29)(H,30,33). The fourth-order valence-corrected chi connectivity index (χ4v) is 3.41. The van der Waals surface area contributed by atoms with Crippen molar-refractivity contribution < 1.29 is 18.7 Å². The first kappa shape index (κ1) is 23.8. The van der Waals surface area contributed by atoms with Gasteiger partial charge in [0.2, 0.25) is 0 Å². The normalized spacial score (nSPS) is 10.6. The minimum atomic E-state index is -0.454. The molecule has 0 aliphatic rings. The third-order valence-electron chi connectivity index (χ3n) is 5.07. The summed E-state index contributed by atoms with van der Waals surface area (Å²) in [5, 5.41) is 2.94. The summed E-state index contributed by atoms with van der Waals surface area (Å²) in [5.74, 6) is 0.264. The zero-order valence-electron chi connectivity index (χ0n) is 18.5. The van der Waals surface area contributed by atoms with Crippen LogP contribution in [0.25, 0.3) is 5.69 Å². The van der Waals surface area contributed by atoms with Gasteiger partial charge in [-0.25, -0.2) is 9.37 Å². The first-order valence-electron chi connectivity index (χ1n) is 10.4. The van der Waals surface area contributed by atoms with Crippen molar-refractivity contribution in [2.24, 2.45) is 0 Å². The Balaban J connectivity index is 1.57. The molecule has 10 heteroatoms. The summed E-state index contributed by atoms with van der Waals surface area (Å²) in [7, 11) is 1.37. The number of ether oxygens (including phenoxy) is 2. The van der Waals surface area contributed by atoms with Gasteiger partial charge in [0.25, 0.3) is 11.5 Å². The average molecular weight is 495 g/mol. The molecule has 0 atom stereocenters. The molecule has 2 heterocycles. The van der Waals surface area contributed by atoms with E-state index in [4.69, 9.17) is 26.8 Å². The molecule has 0 aliphatic carbocycles. The van der Waals surface area contributed by atoms with Gasteiger partial charge in [-0.05, 0) is 42.0 Å². The van der Waals surface area contributed by atoms with Crippen LogP contribution in [-0.4, -0.2) is 22.6 Å². The third kappa shape index (κ3) is 5.42.